The van der Waals surface area contributed by atoms with Crippen LogP contribution in [-0.2, 0) is 6.18 Å². The number of methoxy groups -OCH3 is 3. The molecule has 194 valence electrons. The summed E-state index contributed by atoms with van der Waals surface area (Å²) in [6.07, 6.45) is -4.50. The molecule has 11 heteroatoms. The van der Waals surface area contributed by atoms with Crippen molar-refractivity contribution >= 4 is 28.3 Å². The third-order valence-electron chi connectivity index (χ3n) is 6.01. The van der Waals surface area contributed by atoms with Crippen LogP contribution in [0.3, 0.4) is 0 Å². The van der Waals surface area contributed by atoms with Crippen molar-refractivity contribution in [2.75, 3.05) is 26.2 Å². The van der Waals surface area contributed by atoms with E-state index in [0.29, 0.717) is 38.9 Å². The normalized spacial score (nSPS) is 13.1. The number of nitrogens with zero attached hydrogens (tertiary/aromatic N) is 2. The van der Waals surface area contributed by atoms with Gasteiger partial charge in [0.25, 0.3) is 11.8 Å². The Balaban J connectivity index is 1.70. The van der Waals surface area contributed by atoms with Crippen molar-refractivity contribution in [1.29, 1.82) is 0 Å². The predicted molar refractivity (Wildman–Crippen MR) is 135 cm³/mol. The zero-order valence-corrected chi connectivity index (χ0v) is 21.1. The highest BCUT2D eigenvalue weighted by Crippen LogP contribution is 2.47. The number of aromatic nitrogens is 1. The molecule has 2 heterocycles. The Hall–Kier alpha value is -4.38. The molecular weight excluding hydrogens is 521 g/mol. The molecule has 0 fully saturated rings. The number of alkyl halides is 3. The average molecular weight is 541 g/mol. The van der Waals surface area contributed by atoms with Gasteiger partial charge in [-0.25, -0.2) is 9.88 Å². The molecule has 1 aliphatic rings. The third-order valence-corrected chi connectivity index (χ3v) is 7.10. The van der Waals surface area contributed by atoms with Crippen molar-refractivity contribution in [3.63, 3.8) is 0 Å². The quantitative estimate of drug-likeness (QED) is 0.266. The Bertz CT molecular complexity index is 1500. The smallest absolute Gasteiger partial charge is 0.416 e. The van der Waals surface area contributed by atoms with Crippen LogP contribution in [0.1, 0.15) is 26.3 Å². The number of ether oxygens (including phenoxy) is 3. The van der Waals surface area contributed by atoms with Crippen molar-refractivity contribution < 1.29 is 37.0 Å². The van der Waals surface area contributed by atoms with Gasteiger partial charge in [-0.3, -0.25) is 9.59 Å². The lowest BCUT2D eigenvalue weighted by atomic mass is 10.0. The van der Waals surface area contributed by atoms with Gasteiger partial charge in [-0.1, -0.05) is 35.6 Å². The zero-order chi connectivity index (χ0) is 27.2. The minimum atomic E-state index is -4.50. The number of carbonyl (C=O) groups is 2. The fourth-order valence-corrected chi connectivity index (χ4v) is 5.28. The predicted octanol–water partition coefficient (Wildman–Crippen LogP) is 6.32. The first kappa shape index (κ1) is 25.3. The van der Waals surface area contributed by atoms with Crippen LogP contribution in [0, 0.1) is 0 Å². The number of fused-ring (bicyclic) bond motifs is 1. The Kier molecular flexibility index (Phi) is 6.31. The molecule has 5 rings (SSSR count). The number of rotatable bonds is 6. The molecule has 3 aromatic carbocycles. The van der Waals surface area contributed by atoms with Crippen LogP contribution in [-0.4, -0.2) is 38.1 Å². The van der Waals surface area contributed by atoms with Crippen molar-refractivity contribution in [2.24, 2.45) is 0 Å². The van der Waals surface area contributed by atoms with Crippen LogP contribution in [0.15, 0.2) is 60.7 Å². The van der Waals surface area contributed by atoms with Gasteiger partial charge in [0.05, 0.1) is 48.6 Å². The zero-order valence-electron chi connectivity index (χ0n) is 20.3. The van der Waals surface area contributed by atoms with Crippen LogP contribution < -0.4 is 19.1 Å². The number of hydrogen-bond acceptors (Lipinski definition) is 7. The van der Waals surface area contributed by atoms with E-state index in [2.05, 4.69) is 4.98 Å². The standard InChI is InChI=1S/C27H19F3N2O5S/c1-35-19-12-15(13-20(36-2)22(19)37-3)21-23(14-8-10-16(11-9-14)27(28,29)30)38-26(31-21)32-24(33)17-6-4-5-7-18(17)25(32)34/h4-13H,1-3H3. The van der Waals surface area contributed by atoms with Crippen LogP contribution in [0.4, 0.5) is 18.3 Å². The summed E-state index contributed by atoms with van der Waals surface area (Å²) in [6.45, 7) is 0. The Morgan fingerprint density at radius 3 is 1.82 bits per heavy atom. The van der Waals surface area contributed by atoms with Crippen molar-refractivity contribution in [2.45, 2.75) is 6.18 Å². The monoisotopic (exact) mass is 540 g/mol. The van der Waals surface area contributed by atoms with Crippen molar-refractivity contribution in [1.82, 2.24) is 4.98 Å². The summed E-state index contributed by atoms with van der Waals surface area (Å²) >= 11 is 1.01. The van der Waals surface area contributed by atoms with Gasteiger partial charge in [0.2, 0.25) is 10.9 Å². The number of carbonyl (C=O) groups excluding carboxylic acids is 2. The highest BCUT2D eigenvalue weighted by atomic mass is 32.1. The Labute approximate surface area is 219 Å². The van der Waals surface area contributed by atoms with Gasteiger partial charge in [-0.05, 0) is 42.0 Å². The molecular formula is C27H19F3N2O5S. The number of benzene rings is 3. The highest BCUT2D eigenvalue weighted by Gasteiger charge is 2.39. The molecule has 38 heavy (non-hydrogen) atoms. The number of hydrogen-bond donors (Lipinski definition) is 0. The second-order valence-electron chi connectivity index (χ2n) is 8.15. The molecule has 0 unspecified atom stereocenters. The Morgan fingerprint density at radius 1 is 0.789 bits per heavy atom. The molecule has 0 atom stereocenters. The summed E-state index contributed by atoms with van der Waals surface area (Å²) in [6, 6.07) is 14.3. The van der Waals surface area contributed by atoms with Crippen LogP contribution >= 0.6 is 11.3 Å². The summed E-state index contributed by atoms with van der Waals surface area (Å²) in [5.74, 6) is -0.0684. The molecule has 0 spiro atoms. The minimum absolute atomic E-state index is 0.0786. The lowest BCUT2D eigenvalue weighted by Crippen LogP contribution is -2.29. The molecule has 0 saturated heterocycles. The van der Waals surface area contributed by atoms with E-state index in [4.69, 9.17) is 14.2 Å². The van der Waals surface area contributed by atoms with Gasteiger partial charge >= 0.3 is 6.18 Å². The first-order valence-corrected chi connectivity index (χ1v) is 12.0. The molecule has 0 N–H and O–H groups in total. The fraction of sp³-hybridized carbons (Fsp3) is 0.148. The molecule has 4 aromatic rings. The number of imide groups is 1. The maximum absolute atomic E-state index is 13.2. The minimum Gasteiger partial charge on any atom is -0.493 e. The van der Waals surface area contributed by atoms with E-state index in [1.54, 1.807) is 36.4 Å². The first-order valence-electron chi connectivity index (χ1n) is 11.1. The number of anilines is 1. The maximum atomic E-state index is 13.2. The number of halogens is 3. The largest absolute Gasteiger partial charge is 0.493 e. The highest BCUT2D eigenvalue weighted by molar-refractivity contribution is 7.20. The summed E-state index contributed by atoms with van der Waals surface area (Å²) in [7, 11) is 4.35. The van der Waals surface area contributed by atoms with Crippen molar-refractivity contribution in [3.8, 4) is 38.9 Å². The van der Waals surface area contributed by atoms with Gasteiger partial charge < -0.3 is 14.2 Å². The van der Waals surface area contributed by atoms with E-state index in [1.165, 1.54) is 33.5 Å². The van der Waals surface area contributed by atoms with Gasteiger partial charge in [-0.2, -0.15) is 13.2 Å². The van der Waals surface area contributed by atoms with Crippen molar-refractivity contribution in [3.05, 3.63) is 77.4 Å². The molecule has 1 aliphatic heterocycles. The second kappa shape index (κ2) is 9.49. The molecule has 0 saturated carbocycles. The molecule has 0 bridgehead atoms. The van der Waals surface area contributed by atoms with E-state index in [9.17, 15) is 22.8 Å². The SMILES string of the molecule is COc1cc(-c2nc(N3C(=O)c4ccccc4C3=O)sc2-c2ccc(C(F)(F)F)cc2)cc(OC)c1OC. The van der Waals surface area contributed by atoms with E-state index >= 15 is 0 Å². The van der Waals surface area contributed by atoms with E-state index in [1.807, 2.05) is 0 Å². The van der Waals surface area contributed by atoms with Crippen LogP contribution in [0.25, 0.3) is 21.7 Å². The summed E-state index contributed by atoms with van der Waals surface area (Å²) < 4.78 is 55.9. The maximum Gasteiger partial charge on any atom is 0.416 e. The lowest BCUT2D eigenvalue weighted by Gasteiger charge is -2.14. The first-order chi connectivity index (χ1) is 18.2. The van der Waals surface area contributed by atoms with Crippen LogP contribution in [0.5, 0.6) is 17.2 Å². The van der Waals surface area contributed by atoms with Gasteiger partial charge in [0, 0.05) is 5.56 Å². The molecule has 7 nitrogen and oxygen atoms in total. The molecule has 0 aliphatic carbocycles. The van der Waals surface area contributed by atoms with E-state index in [-0.39, 0.29) is 16.3 Å². The average Bonchev–Trinajstić information content (AvgIpc) is 3.46. The number of amides is 2. The Morgan fingerprint density at radius 2 is 1.34 bits per heavy atom. The summed E-state index contributed by atoms with van der Waals surface area (Å²) in [4.78, 5) is 32.3. The third kappa shape index (κ3) is 4.14. The molecule has 2 amide bonds. The fourth-order valence-electron chi connectivity index (χ4n) is 4.19. The number of thiazole rings is 1. The summed E-state index contributed by atoms with van der Waals surface area (Å²) in [5.41, 5.74) is 0.910. The van der Waals surface area contributed by atoms with Gasteiger partial charge in [-0.15, -0.1) is 0 Å². The van der Waals surface area contributed by atoms with Gasteiger partial charge in [0.1, 0.15) is 0 Å². The second-order valence-corrected chi connectivity index (χ2v) is 9.13. The van der Waals surface area contributed by atoms with Crippen LogP contribution in [0.2, 0.25) is 0 Å². The summed E-state index contributed by atoms with van der Waals surface area (Å²) in [5, 5.41) is 0.0786. The van der Waals surface area contributed by atoms with E-state index in [0.717, 1.165) is 28.4 Å². The van der Waals surface area contributed by atoms with Gasteiger partial charge in [0.15, 0.2) is 11.5 Å². The lowest BCUT2D eigenvalue weighted by molar-refractivity contribution is -0.137. The molecule has 0 radical (unpaired) electrons. The topological polar surface area (TPSA) is 78.0 Å². The van der Waals surface area contributed by atoms with E-state index < -0.39 is 23.6 Å². The molecule has 1 aromatic heterocycles.